The number of hydrogen-bond donors (Lipinski definition) is 3. The lowest BCUT2D eigenvalue weighted by molar-refractivity contribution is 0.396. The third-order valence-electron chi connectivity index (χ3n) is 3.24. The van der Waals surface area contributed by atoms with E-state index >= 15 is 0 Å². The fourth-order valence-corrected chi connectivity index (χ4v) is 2.17. The van der Waals surface area contributed by atoms with Crippen LogP contribution >= 0.6 is 0 Å². The van der Waals surface area contributed by atoms with E-state index in [1.807, 2.05) is 26.8 Å². The summed E-state index contributed by atoms with van der Waals surface area (Å²) in [7, 11) is 0. The van der Waals surface area contributed by atoms with E-state index in [1.54, 1.807) is 12.1 Å². The number of phenolic OH excluding ortho intramolecular Hbond substituents is 2. The molecule has 0 aliphatic carbocycles. The molecule has 0 radical (unpaired) electrons. The Balaban J connectivity index is 2.06. The number of hydrogen-bond acceptors (Lipinski definition) is 4. The van der Waals surface area contributed by atoms with Gasteiger partial charge in [-0.2, -0.15) is 0 Å². The van der Waals surface area contributed by atoms with Gasteiger partial charge < -0.3 is 19.9 Å². The largest absolute Gasteiger partial charge is 0.504 e. The Hall–Kier alpha value is -1.94. The van der Waals surface area contributed by atoms with E-state index in [4.69, 9.17) is 4.42 Å². The van der Waals surface area contributed by atoms with Crippen molar-refractivity contribution in [2.45, 2.75) is 33.4 Å². The first-order valence-electron chi connectivity index (χ1n) is 6.29. The van der Waals surface area contributed by atoms with Crippen LogP contribution in [0.3, 0.4) is 0 Å². The van der Waals surface area contributed by atoms with Gasteiger partial charge >= 0.3 is 0 Å². The molecule has 1 aromatic carbocycles. The van der Waals surface area contributed by atoms with Gasteiger partial charge in [-0.05, 0) is 32.9 Å². The van der Waals surface area contributed by atoms with Gasteiger partial charge in [-0.3, -0.25) is 0 Å². The van der Waals surface area contributed by atoms with Crippen LogP contribution in [0.15, 0.2) is 28.7 Å². The molecule has 0 spiro atoms. The van der Waals surface area contributed by atoms with Gasteiger partial charge in [-0.25, -0.2) is 0 Å². The smallest absolute Gasteiger partial charge is 0.161 e. The second-order valence-electron chi connectivity index (χ2n) is 4.76. The summed E-state index contributed by atoms with van der Waals surface area (Å²) in [5.41, 5.74) is 1.78. The van der Waals surface area contributed by atoms with Gasteiger partial charge in [0, 0.05) is 23.7 Å². The summed E-state index contributed by atoms with van der Waals surface area (Å²) in [5.74, 6) is 1.63. The normalized spacial score (nSPS) is 12.6. The van der Waals surface area contributed by atoms with Crippen LogP contribution in [0, 0.1) is 13.8 Å². The minimum absolute atomic E-state index is 0.0673. The van der Waals surface area contributed by atoms with Crippen LogP contribution in [-0.2, 0) is 6.54 Å². The molecule has 1 heterocycles. The van der Waals surface area contributed by atoms with Crippen LogP contribution in [0.1, 0.15) is 35.6 Å². The van der Waals surface area contributed by atoms with Crippen LogP contribution in [0.25, 0.3) is 0 Å². The van der Waals surface area contributed by atoms with Crippen molar-refractivity contribution in [1.82, 2.24) is 5.32 Å². The van der Waals surface area contributed by atoms with E-state index in [1.165, 1.54) is 6.07 Å². The van der Waals surface area contributed by atoms with Crippen molar-refractivity contribution < 1.29 is 14.6 Å². The van der Waals surface area contributed by atoms with E-state index < -0.39 is 0 Å². The zero-order valence-corrected chi connectivity index (χ0v) is 11.4. The van der Waals surface area contributed by atoms with Gasteiger partial charge in [-0.15, -0.1) is 0 Å². The maximum Gasteiger partial charge on any atom is 0.161 e. The summed E-state index contributed by atoms with van der Waals surface area (Å²) in [6, 6.07) is 7.08. The Bertz CT molecular complexity index is 575. The lowest BCUT2D eigenvalue weighted by atomic mass is 10.1. The van der Waals surface area contributed by atoms with Crippen molar-refractivity contribution in [3.63, 3.8) is 0 Å². The van der Waals surface area contributed by atoms with Crippen molar-refractivity contribution >= 4 is 0 Å². The van der Waals surface area contributed by atoms with Gasteiger partial charge in [0.05, 0.1) is 0 Å². The Kier molecular flexibility index (Phi) is 3.81. The average molecular weight is 261 g/mol. The molecule has 0 aliphatic heterocycles. The standard InChI is InChI=1S/C15H19NO3/c1-9-7-13(11(3)19-9)10(2)16-8-12-5-4-6-14(17)15(12)18/h4-7,10,16-18H,8H2,1-3H3. The summed E-state index contributed by atoms with van der Waals surface area (Å²) >= 11 is 0. The first-order chi connectivity index (χ1) is 8.99. The minimum Gasteiger partial charge on any atom is -0.504 e. The van der Waals surface area contributed by atoms with E-state index in [2.05, 4.69) is 5.32 Å². The first-order valence-corrected chi connectivity index (χ1v) is 6.29. The molecule has 4 nitrogen and oxygen atoms in total. The zero-order valence-electron chi connectivity index (χ0n) is 11.4. The molecule has 0 aliphatic rings. The molecule has 2 rings (SSSR count). The Labute approximate surface area is 112 Å². The van der Waals surface area contributed by atoms with E-state index in [-0.39, 0.29) is 17.5 Å². The maximum absolute atomic E-state index is 9.73. The number of nitrogens with one attached hydrogen (secondary N) is 1. The van der Waals surface area contributed by atoms with Crippen LogP contribution in [0.4, 0.5) is 0 Å². The molecule has 3 N–H and O–H groups in total. The van der Waals surface area contributed by atoms with E-state index in [0.29, 0.717) is 12.1 Å². The lowest BCUT2D eigenvalue weighted by Crippen LogP contribution is -2.18. The molecule has 0 saturated heterocycles. The highest BCUT2D eigenvalue weighted by molar-refractivity contribution is 5.44. The highest BCUT2D eigenvalue weighted by Crippen LogP contribution is 2.29. The monoisotopic (exact) mass is 261 g/mol. The summed E-state index contributed by atoms with van der Waals surface area (Å²) < 4.78 is 5.50. The third kappa shape index (κ3) is 2.90. The molecule has 0 bridgehead atoms. The maximum atomic E-state index is 9.73. The molecule has 0 amide bonds. The van der Waals surface area contributed by atoms with Crippen molar-refractivity contribution in [2.75, 3.05) is 0 Å². The molecule has 1 unspecified atom stereocenters. The van der Waals surface area contributed by atoms with E-state index in [9.17, 15) is 10.2 Å². The molecule has 1 aromatic heterocycles. The molecule has 19 heavy (non-hydrogen) atoms. The number of para-hydroxylation sites is 1. The van der Waals surface area contributed by atoms with Crippen LogP contribution in [0.5, 0.6) is 11.5 Å². The average Bonchev–Trinajstić information content (AvgIpc) is 2.70. The van der Waals surface area contributed by atoms with Crippen molar-refractivity contribution in [1.29, 1.82) is 0 Å². The quantitative estimate of drug-likeness (QED) is 0.740. The summed E-state index contributed by atoms with van der Waals surface area (Å²) in [6.45, 7) is 6.37. The zero-order chi connectivity index (χ0) is 14.0. The first kappa shape index (κ1) is 13.5. The fraction of sp³-hybridized carbons (Fsp3) is 0.333. The topological polar surface area (TPSA) is 65.6 Å². The third-order valence-corrected chi connectivity index (χ3v) is 3.24. The lowest BCUT2D eigenvalue weighted by Gasteiger charge is -2.14. The van der Waals surface area contributed by atoms with Gasteiger partial charge in [-0.1, -0.05) is 12.1 Å². The predicted octanol–water partition coefficient (Wildman–Crippen LogP) is 3.16. The van der Waals surface area contributed by atoms with Gasteiger partial charge in [0.2, 0.25) is 0 Å². The Morgan fingerprint density at radius 1 is 1.26 bits per heavy atom. The molecular formula is C15H19NO3. The molecular weight excluding hydrogens is 242 g/mol. The summed E-state index contributed by atoms with van der Waals surface area (Å²) in [6.07, 6.45) is 0. The van der Waals surface area contributed by atoms with Gasteiger partial charge in [0.25, 0.3) is 0 Å². The highest BCUT2D eigenvalue weighted by atomic mass is 16.3. The van der Waals surface area contributed by atoms with Crippen molar-refractivity contribution in [2.24, 2.45) is 0 Å². The van der Waals surface area contributed by atoms with Crippen LogP contribution in [0.2, 0.25) is 0 Å². The second kappa shape index (κ2) is 5.36. The fourth-order valence-electron chi connectivity index (χ4n) is 2.17. The highest BCUT2D eigenvalue weighted by Gasteiger charge is 2.13. The molecule has 0 fully saturated rings. The van der Waals surface area contributed by atoms with E-state index in [0.717, 1.165) is 17.1 Å². The Morgan fingerprint density at radius 3 is 2.63 bits per heavy atom. The van der Waals surface area contributed by atoms with Crippen molar-refractivity contribution in [3.05, 3.63) is 46.9 Å². The Morgan fingerprint density at radius 2 is 2.00 bits per heavy atom. The predicted molar refractivity (Wildman–Crippen MR) is 73.2 cm³/mol. The SMILES string of the molecule is Cc1cc(C(C)NCc2cccc(O)c2O)c(C)o1. The number of aromatic hydroxyl groups is 2. The molecule has 1 atom stereocenters. The summed E-state index contributed by atoms with van der Waals surface area (Å²) in [5, 5.41) is 22.5. The number of benzene rings is 1. The number of phenols is 2. The van der Waals surface area contributed by atoms with Gasteiger partial charge in [0.15, 0.2) is 11.5 Å². The number of aryl methyl sites for hydroxylation is 2. The summed E-state index contributed by atoms with van der Waals surface area (Å²) in [4.78, 5) is 0. The molecule has 4 heteroatoms. The number of rotatable bonds is 4. The van der Waals surface area contributed by atoms with Crippen LogP contribution < -0.4 is 5.32 Å². The molecule has 2 aromatic rings. The minimum atomic E-state index is -0.0951. The molecule has 102 valence electrons. The van der Waals surface area contributed by atoms with Crippen LogP contribution in [-0.4, -0.2) is 10.2 Å². The van der Waals surface area contributed by atoms with Gasteiger partial charge in [0.1, 0.15) is 11.5 Å². The molecule has 0 saturated carbocycles. The van der Waals surface area contributed by atoms with Crippen molar-refractivity contribution in [3.8, 4) is 11.5 Å². The second-order valence-corrected chi connectivity index (χ2v) is 4.76. The number of furan rings is 1.